The molecule has 0 fully saturated rings. The number of anilines is 1. The van der Waals surface area contributed by atoms with E-state index in [0.717, 1.165) is 9.87 Å². The summed E-state index contributed by atoms with van der Waals surface area (Å²) in [4.78, 5) is 24.4. The smallest absolute Gasteiger partial charge is 0.264 e. The lowest BCUT2D eigenvalue weighted by atomic mass is 10.1. The van der Waals surface area contributed by atoms with Crippen LogP contribution in [0.3, 0.4) is 0 Å². The molecule has 166 valence electrons. The van der Waals surface area contributed by atoms with E-state index in [0.29, 0.717) is 16.3 Å². The summed E-state index contributed by atoms with van der Waals surface area (Å²) in [5.74, 6) is -0.655. The second-order valence-corrected chi connectivity index (χ2v) is 9.35. The quantitative estimate of drug-likeness (QED) is 0.551. The summed E-state index contributed by atoms with van der Waals surface area (Å²) in [7, 11) is -0.933. The molecule has 9 heteroatoms. The predicted molar refractivity (Wildman–Crippen MR) is 124 cm³/mol. The van der Waals surface area contributed by atoms with E-state index in [1.807, 2.05) is 0 Å². The lowest BCUT2D eigenvalue weighted by Gasteiger charge is -2.20. The Labute approximate surface area is 192 Å². The highest BCUT2D eigenvalue weighted by atomic mass is 35.5. The van der Waals surface area contributed by atoms with E-state index >= 15 is 0 Å². The zero-order valence-electron chi connectivity index (χ0n) is 17.5. The molecule has 0 saturated heterocycles. The van der Waals surface area contributed by atoms with E-state index in [2.05, 4.69) is 10.6 Å². The van der Waals surface area contributed by atoms with Gasteiger partial charge in [-0.3, -0.25) is 13.9 Å². The van der Waals surface area contributed by atoms with Crippen molar-refractivity contribution >= 4 is 39.1 Å². The predicted octanol–water partition coefficient (Wildman–Crippen LogP) is 3.45. The van der Waals surface area contributed by atoms with Crippen molar-refractivity contribution in [1.29, 1.82) is 0 Å². The van der Waals surface area contributed by atoms with Gasteiger partial charge in [-0.2, -0.15) is 0 Å². The highest BCUT2D eigenvalue weighted by Gasteiger charge is 2.22. The zero-order chi connectivity index (χ0) is 23.3. The van der Waals surface area contributed by atoms with Gasteiger partial charge in [0.25, 0.3) is 21.8 Å². The monoisotopic (exact) mass is 471 g/mol. The Hall–Kier alpha value is -3.36. The van der Waals surface area contributed by atoms with Gasteiger partial charge >= 0.3 is 0 Å². The van der Waals surface area contributed by atoms with E-state index in [1.165, 1.54) is 31.3 Å². The van der Waals surface area contributed by atoms with Gasteiger partial charge in [0.05, 0.1) is 10.6 Å². The maximum Gasteiger partial charge on any atom is 0.264 e. The van der Waals surface area contributed by atoms with Crippen LogP contribution in [0.1, 0.15) is 26.3 Å². The molecule has 0 aliphatic rings. The lowest BCUT2D eigenvalue weighted by Crippen LogP contribution is -2.27. The molecule has 0 bridgehead atoms. The van der Waals surface area contributed by atoms with Gasteiger partial charge < -0.3 is 10.6 Å². The van der Waals surface area contributed by atoms with Crippen molar-refractivity contribution in [3.63, 3.8) is 0 Å². The van der Waals surface area contributed by atoms with Gasteiger partial charge in [-0.05, 0) is 54.1 Å². The number of sulfonamides is 1. The molecule has 0 heterocycles. The molecule has 0 aliphatic carbocycles. The van der Waals surface area contributed by atoms with E-state index in [9.17, 15) is 18.0 Å². The third-order valence-corrected chi connectivity index (χ3v) is 6.81. The van der Waals surface area contributed by atoms with E-state index in [-0.39, 0.29) is 22.9 Å². The van der Waals surface area contributed by atoms with Crippen molar-refractivity contribution in [2.45, 2.75) is 11.4 Å². The first-order valence-electron chi connectivity index (χ1n) is 9.66. The Morgan fingerprint density at radius 3 is 2.25 bits per heavy atom. The molecular formula is C23H22ClN3O4S. The number of carbonyl (C=O) groups is 2. The maximum atomic E-state index is 13.0. The second kappa shape index (κ2) is 9.84. The van der Waals surface area contributed by atoms with Gasteiger partial charge in [0.1, 0.15) is 0 Å². The first-order valence-corrected chi connectivity index (χ1v) is 11.5. The fourth-order valence-electron chi connectivity index (χ4n) is 3.02. The van der Waals surface area contributed by atoms with E-state index in [1.54, 1.807) is 55.6 Å². The van der Waals surface area contributed by atoms with Crippen LogP contribution in [-0.4, -0.2) is 34.3 Å². The van der Waals surface area contributed by atoms with E-state index in [4.69, 9.17) is 11.6 Å². The zero-order valence-corrected chi connectivity index (χ0v) is 19.1. The van der Waals surface area contributed by atoms with Crippen molar-refractivity contribution in [2.24, 2.45) is 0 Å². The molecule has 3 aromatic carbocycles. The number of nitrogens with one attached hydrogen (secondary N) is 2. The summed E-state index contributed by atoms with van der Waals surface area (Å²) >= 11 is 5.98. The third kappa shape index (κ3) is 5.27. The highest BCUT2D eigenvalue weighted by Crippen LogP contribution is 2.25. The molecule has 0 atom stereocenters. The van der Waals surface area contributed by atoms with Gasteiger partial charge in [0.2, 0.25) is 0 Å². The standard InChI is InChI=1S/C23H22ClN3O4S/c1-25-22(28)17-7-3-6-16(12-17)15-26-23(29)18-8-4-11-21(13-18)32(30,31)27(2)20-10-5-9-19(24)14-20/h3-14H,15H2,1-2H3,(H,25,28)(H,26,29). The van der Waals surface area contributed by atoms with Crippen LogP contribution < -0.4 is 14.9 Å². The SMILES string of the molecule is CNC(=O)c1cccc(CNC(=O)c2cccc(S(=O)(=O)N(C)c3cccc(Cl)c3)c2)c1. The molecule has 2 amide bonds. The van der Waals surface area contributed by atoms with Gasteiger partial charge in [0, 0.05) is 36.8 Å². The number of hydrogen-bond acceptors (Lipinski definition) is 4. The summed E-state index contributed by atoms with van der Waals surface area (Å²) in [6, 6.07) is 19.2. The summed E-state index contributed by atoms with van der Waals surface area (Å²) in [5, 5.41) is 5.71. The number of rotatable bonds is 7. The fraction of sp³-hybridized carbons (Fsp3) is 0.130. The van der Waals surface area contributed by atoms with Gasteiger partial charge in [-0.15, -0.1) is 0 Å². The van der Waals surface area contributed by atoms with Crippen molar-refractivity contribution in [1.82, 2.24) is 10.6 Å². The van der Waals surface area contributed by atoms with Crippen LogP contribution in [0.25, 0.3) is 0 Å². The molecule has 0 unspecified atom stereocenters. The van der Waals surface area contributed by atoms with Crippen LogP contribution in [0, 0.1) is 0 Å². The van der Waals surface area contributed by atoms with Crippen LogP contribution in [0.2, 0.25) is 5.02 Å². The second-order valence-electron chi connectivity index (χ2n) is 6.94. The molecule has 0 spiro atoms. The number of halogens is 1. The summed E-state index contributed by atoms with van der Waals surface area (Å²) < 4.78 is 27.2. The van der Waals surface area contributed by atoms with Crippen LogP contribution in [0.5, 0.6) is 0 Å². The Morgan fingerprint density at radius 2 is 1.56 bits per heavy atom. The Kier molecular flexibility index (Phi) is 7.17. The van der Waals surface area contributed by atoms with Crippen molar-refractivity contribution in [3.05, 3.63) is 94.5 Å². The van der Waals surface area contributed by atoms with Crippen LogP contribution in [-0.2, 0) is 16.6 Å². The summed E-state index contributed by atoms with van der Waals surface area (Å²) in [6.45, 7) is 0.184. The van der Waals surface area contributed by atoms with Crippen molar-refractivity contribution in [3.8, 4) is 0 Å². The van der Waals surface area contributed by atoms with E-state index < -0.39 is 15.9 Å². The molecular weight excluding hydrogens is 450 g/mol. The Morgan fingerprint density at radius 1 is 0.906 bits per heavy atom. The summed E-state index contributed by atoms with van der Waals surface area (Å²) in [5.41, 5.74) is 1.83. The summed E-state index contributed by atoms with van der Waals surface area (Å²) in [6.07, 6.45) is 0. The van der Waals surface area contributed by atoms with Gasteiger partial charge in [-0.1, -0.05) is 35.9 Å². The first-order chi connectivity index (χ1) is 15.2. The van der Waals surface area contributed by atoms with Crippen LogP contribution in [0.4, 0.5) is 5.69 Å². The number of benzene rings is 3. The molecule has 2 N–H and O–H groups in total. The minimum Gasteiger partial charge on any atom is -0.355 e. The van der Waals surface area contributed by atoms with Gasteiger partial charge in [-0.25, -0.2) is 8.42 Å². The first kappa shape index (κ1) is 23.3. The minimum absolute atomic E-state index is 0.0192. The lowest BCUT2D eigenvalue weighted by molar-refractivity contribution is 0.0948. The largest absolute Gasteiger partial charge is 0.355 e. The number of amides is 2. The molecule has 0 aliphatic heterocycles. The molecule has 0 aromatic heterocycles. The van der Waals surface area contributed by atoms with Crippen LogP contribution in [0.15, 0.2) is 77.7 Å². The Bertz CT molecular complexity index is 1260. The molecule has 3 aromatic rings. The maximum absolute atomic E-state index is 13.0. The van der Waals surface area contributed by atoms with Crippen molar-refractivity contribution < 1.29 is 18.0 Å². The topological polar surface area (TPSA) is 95.6 Å². The molecule has 0 saturated carbocycles. The fourth-order valence-corrected chi connectivity index (χ4v) is 4.44. The number of carbonyl (C=O) groups excluding carboxylic acids is 2. The molecule has 32 heavy (non-hydrogen) atoms. The normalized spacial score (nSPS) is 11.0. The molecule has 7 nitrogen and oxygen atoms in total. The Balaban J connectivity index is 1.77. The number of hydrogen-bond donors (Lipinski definition) is 2. The van der Waals surface area contributed by atoms with Crippen LogP contribution >= 0.6 is 11.6 Å². The minimum atomic E-state index is -3.90. The van der Waals surface area contributed by atoms with Crippen molar-refractivity contribution in [2.75, 3.05) is 18.4 Å². The average molecular weight is 472 g/mol. The van der Waals surface area contributed by atoms with Gasteiger partial charge in [0.15, 0.2) is 0 Å². The average Bonchev–Trinajstić information content (AvgIpc) is 2.81. The molecule has 3 rings (SSSR count). The highest BCUT2D eigenvalue weighted by molar-refractivity contribution is 7.92. The number of nitrogens with zero attached hydrogens (tertiary/aromatic N) is 1. The third-order valence-electron chi connectivity index (χ3n) is 4.80. The molecule has 0 radical (unpaired) electrons.